The maximum absolute atomic E-state index is 11.7. The van der Waals surface area contributed by atoms with Crippen molar-refractivity contribution in [2.24, 2.45) is 0 Å². The van der Waals surface area contributed by atoms with E-state index in [4.69, 9.17) is 5.73 Å². The summed E-state index contributed by atoms with van der Waals surface area (Å²) in [5.74, 6) is -0.0301. The van der Waals surface area contributed by atoms with Crippen molar-refractivity contribution >= 4 is 28.6 Å². The van der Waals surface area contributed by atoms with Crippen molar-refractivity contribution in [2.45, 2.75) is 44.8 Å². The topological polar surface area (TPSA) is 90.2 Å². The predicted octanol–water partition coefficient (Wildman–Crippen LogP) is 2.43. The van der Waals surface area contributed by atoms with Crippen molar-refractivity contribution in [3.05, 3.63) is 24.3 Å². The monoisotopic (exact) mass is 311 g/mol. The number of anilines is 2. The Morgan fingerprint density at radius 1 is 1.33 bits per heavy atom. The highest BCUT2D eigenvalue weighted by atomic mass is 32.2. The van der Waals surface area contributed by atoms with Crippen molar-refractivity contribution in [1.29, 1.82) is 0 Å². The first-order valence-corrected chi connectivity index (χ1v) is 8.25. The van der Waals surface area contributed by atoms with E-state index in [1.165, 1.54) is 0 Å². The van der Waals surface area contributed by atoms with Crippen LogP contribution in [-0.4, -0.2) is 21.8 Å². The molecule has 0 fully saturated rings. The van der Waals surface area contributed by atoms with Gasteiger partial charge in [0.15, 0.2) is 0 Å². The van der Waals surface area contributed by atoms with Crippen LogP contribution in [0.2, 0.25) is 0 Å². The molecule has 0 bridgehead atoms. The van der Waals surface area contributed by atoms with Crippen molar-refractivity contribution in [1.82, 2.24) is 4.72 Å². The summed E-state index contributed by atoms with van der Waals surface area (Å²) >= 11 is -1.05. The summed E-state index contributed by atoms with van der Waals surface area (Å²) in [6.45, 7) is 6.43. The van der Waals surface area contributed by atoms with Crippen LogP contribution in [0.1, 0.15) is 40.0 Å². The minimum absolute atomic E-state index is 0.0301. The molecule has 118 valence electrons. The Kier molecular flexibility index (Phi) is 7.01. The molecule has 0 heterocycles. The van der Waals surface area contributed by atoms with Gasteiger partial charge in [-0.1, -0.05) is 6.07 Å². The minimum atomic E-state index is -1.05. The van der Waals surface area contributed by atoms with Gasteiger partial charge < -0.3 is 15.6 Å². The van der Waals surface area contributed by atoms with Crippen molar-refractivity contribution in [3.8, 4) is 0 Å². The van der Waals surface area contributed by atoms with Gasteiger partial charge in [0, 0.05) is 35.7 Å². The van der Waals surface area contributed by atoms with Gasteiger partial charge in [-0.05, 0) is 51.8 Å². The van der Waals surface area contributed by atoms with Gasteiger partial charge in [0.1, 0.15) is 4.75 Å². The minimum Gasteiger partial charge on any atom is -0.598 e. The lowest BCUT2D eigenvalue weighted by atomic mass is 10.2. The van der Waals surface area contributed by atoms with Crippen LogP contribution >= 0.6 is 0 Å². The summed E-state index contributed by atoms with van der Waals surface area (Å²) in [5, 5.41) is 2.81. The van der Waals surface area contributed by atoms with E-state index >= 15 is 0 Å². The smallest absolute Gasteiger partial charge is 0.224 e. The first kappa shape index (κ1) is 17.8. The first-order valence-electron chi connectivity index (χ1n) is 7.10. The van der Waals surface area contributed by atoms with Gasteiger partial charge in [0.25, 0.3) is 0 Å². The highest BCUT2D eigenvalue weighted by molar-refractivity contribution is 7.90. The molecule has 5 nitrogen and oxygen atoms in total. The zero-order chi connectivity index (χ0) is 15.9. The summed E-state index contributed by atoms with van der Waals surface area (Å²) in [6.07, 6.45) is 2.01. The molecule has 1 unspecified atom stereocenters. The summed E-state index contributed by atoms with van der Waals surface area (Å²) < 4.78 is 14.5. The molecule has 0 saturated carbocycles. The fourth-order valence-electron chi connectivity index (χ4n) is 1.63. The van der Waals surface area contributed by atoms with Crippen LogP contribution in [0.25, 0.3) is 0 Å². The molecule has 6 heteroatoms. The van der Waals surface area contributed by atoms with E-state index in [0.717, 1.165) is 12.8 Å². The predicted molar refractivity (Wildman–Crippen MR) is 89.2 cm³/mol. The molecule has 1 aromatic rings. The molecule has 1 aromatic carbocycles. The summed E-state index contributed by atoms with van der Waals surface area (Å²) in [4.78, 5) is 11.7. The highest BCUT2D eigenvalue weighted by Crippen LogP contribution is 2.14. The van der Waals surface area contributed by atoms with Crippen molar-refractivity contribution in [2.75, 3.05) is 17.6 Å². The second-order valence-electron chi connectivity index (χ2n) is 5.91. The molecule has 1 atom stereocenters. The Morgan fingerprint density at radius 3 is 2.67 bits per heavy atom. The fourth-order valence-corrected chi connectivity index (χ4v) is 2.39. The van der Waals surface area contributed by atoms with E-state index < -0.39 is 11.4 Å². The highest BCUT2D eigenvalue weighted by Gasteiger charge is 2.25. The zero-order valence-corrected chi connectivity index (χ0v) is 13.8. The lowest BCUT2D eigenvalue weighted by Crippen LogP contribution is -2.39. The molecule has 0 radical (unpaired) electrons. The zero-order valence-electron chi connectivity index (χ0n) is 12.9. The van der Waals surface area contributed by atoms with E-state index in [2.05, 4.69) is 10.0 Å². The molecule has 0 aliphatic heterocycles. The summed E-state index contributed by atoms with van der Waals surface area (Å²) in [5.41, 5.74) is 6.99. The number of unbranched alkanes of at least 4 members (excludes halogenated alkanes) is 1. The van der Waals surface area contributed by atoms with Gasteiger partial charge in [-0.2, -0.15) is 0 Å². The molecule has 0 aromatic heterocycles. The van der Waals surface area contributed by atoms with Crippen LogP contribution < -0.4 is 15.8 Å². The summed E-state index contributed by atoms with van der Waals surface area (Å²) in [6, 6.07) is 7.11. The van der Waals surface area contributed by atoms with E-state index in [9.17, 15) is 9.35 Å². The Morgan fingerprint density at radius 2 is 2.05 bits per heavy atom. The van der Waals surface area contributed by atoms with E-state index in [0.29, 0.717) is 24.3 Å². The SMILES string of the molecule is CC(C)(C)[S+]([O-])NCCCCC(=O)Nc1cccc(N)c1. The van der Waals surface area contributed by atoms with Gasteiger partial charge in [-0.25, -0.2) is 0 Å². The molecule has 0 aliphatic rings. The number of rotatable bonds is 7. The van der Waals surface area contributed by atoms with Crippen molar-refractivity contribution in [3.63, 3.8) is 0 Å². The number of carbonyl (C=O) groups is 1. The molecule has 0 spiro atoms. The average molecular weight is 311 g/mol. The maximum Gasteiger partial charge on any atom is 0.224 e. The Hall–Kier alpha value is -1.24. The van der Waals surface area contributed by atoms with Crippen LogP contribution in [0.4, 0.5) is 11.4 Å². The van der Waals surface area contributed by atoms with Crippen LogP contribution in [0.15, 0.2) is 24.3 Å². The second-order valence-corrected chi connectivity index (χ2v) is 7.96. The molecule has 0 saturated heterocycles. The molecular formula is C15H25N3O2S. The molecule has 1 amide bonds. The third-order valence-electron chi connectivity index (χ3n) is 2.79. The molecule has 21 heavy (non-hydrogen) atoms. The fraction of sp³-hybridized carbons (Fsp3) is 0.533. The van der Waals surface area contributed by atoms with Gasteiger partial charge in [0.05, 0.1) is 0 Å². The van der Waals surface area contributed by atoms with Crippen LogP contribution in [0.5, 0.6) is 0 Å². The average Bonchev–Trinajstić information content (AvgIpc) is 2.36. The Balaban J connectivity index is 2.17. The standard InChI is InChI=1S/C15H25N3O2S/c1-15(2,3)21(20)17-10-5-4-9-14(19)18-13-8-6-7-12(16)11-13/h6-8,11,17H,4-5,9-10,16H2,1-3H3,(H,18,19). The summed E-state index contributed by atoms with van der Waals surface area (Å²) in [7, 11) is 0. The Labute approximate surface area is 130 Å². The number of carbonyl (C=O) groups excluding carboxylic acids is 1. The third kappa shape index (κ3) is 7.36. The van der Waals surface area contributed by atoms with E-state index in [1.807, 2.05) is 26.8 Å². The van der Waals surface area contributed by atoms with Crippen LogP contribution in [-0.2, 0) is 16.2 Å². The number of nitrogen functional groups attached to an aromatic ring is 1. The van der Waals surface area contributed by atoms with Gasteiger partial charge in [-0.15, -0.1) is 4.72 Å². The lowest BCUT2D eigenvalue weighted by Gasteiger charge is -2.23. The molecular weight excluding hydrogens is 286 g/mol. The van der Waals surface area contributed by atoms with Gasteiger partial charge in [-0.3, -0.25) is 4.79 Å². The Bertz CT molecular complexity index is 460. The maximum atomic E-state index is 11.7. The quantitative estimate of drug-likeness (QED) is 0.410. The number of nitrogens with two attached hydrogens (primary N) is 1. The van der Waals surface area contributed by atoms with Gasteiger partial charge >= 0.3 is 0 Å². The second kappa shape index (κ2) is 8.26. The van der Waals surface area contributed by atoms with Crippen LogP contribution in [0.3, 0.4) is 0 Å². The molecule has 0 aliphatic carbocycles. The normalized spacial score (nSPS) is 13.0. The number of benzene rings is 1. The molecule has 4 N–H and O–H groups in total. The van der Waals surface area contributed by atoms with Crippen LogP contribution in [0, 0.1) is 0 Å². The lowest BCUT2D eigenvalue weighted by molar-refractivity contribution is -0.116. The number of nitrogens with one attached hydrogen (secondary N) is 2. The number of amides is 1. The molecule has 1 rings (SSSR count). The van der Waals surface area contributed by atoms with Crippen molar-refractivity contribution < 1.29 is 9.35 Å². The van der Waals surface area contributed by atoms with E-state index in [-0.39, 0.29) is 10.7 Å². The number of hydrogen-bond donors (Lipinski definition) is 3. The van der Waals surface area contributed by atoms with Gasteiger partial charge in [0.2, 0.25) is 5.91 Å². The van der Waals surface area contributed by atoms with E-state index in [1.54, 1.807) is 18.2 Å². The first-order chi connectivity index (χ1) is 9.79. The largest absolute Gasteiger partial charge is 0.598 e. The third-order valence-corrected chi connectivity index (χ3v) is 4.37. The number of hydrogen-bond acceptors (Lipinski definition) is 4.